The molecule has 0 rings (SSSR count). The van der Waals surface area contributed by atoms with E-state index in [1.807, 2.05) is 20.8 Å². The maximum atomic E-state index is 5.62. The van der Waals surface area contributed by atoms with Gasteiger partial charge in [0.2, 0.25) is 0 Å². The number of hydrogen-bond donors (Lipinski definition) is 3. The van der Waals surface area contributed by atoms with Crippen molar-refractivity contribution in [2.24, 2.45) is 15.7 Å². The molecule has 0 aliphatic rings. The molecule has 0 spiro atoms. The van der Waals surface area contributed by atoms with E-state index in [1.54, 1.807) is 0 Å². The predicted molar refractivity (Wildman–Crippen MR) is 58.6 cm³/mol. The van der Waals surface area contributed by atoms with Gasteiger partial charge in [-0.1, -0.05) is 0 Å². The molecule has 0 amide bonds. The Hall–Kier alpha value is -1.28. The molecule has 5 heteroatoms. The SMILES string of the molecule is CCN=C=NC(C)(C)CCN.N=C=N. The fourth-order valence-corrected chi connectivity index (χ4v) is 0.651. The first kappa shape index (κ1) is 15.2. The zero-order chi connectivity index (χ0) is 11.4. The van der Waals surface area contributed by atoms with Crippen LogP contribution in [0.4, 0.5) is 0 Å². The Morgan fingerprint density at radius 1 is 1.36 bits per heavy atom. The lowest BCUT2D eigenvalue weighted by Gasteiger charge is -2.15. The Morgan fingerprint density at radius 3 is 2.21 bits per heavy atom. The molecule has 0 saturated heterocycles. The molecule has 0 bridgehead atoms. The average molecular weight is 197 g/mol. The molecule has 0 fully saturated rings. The van der Waals surface area contributed by atoms with Crippen molar-refractivity contribution in [1.29, 1.82) is 10.8 Å². The third-order valence-electron chi connectivity index (χ3n) is 1.34. The smallest absolute Gasteiger partial charge is 0.0898 e. The van der Waals surface area contributed by atoms with E-state index in [0.717, 1.165) is 13.0 Å². The minimum absolute atomic E-state index is 0.104. The normalized spacial score (nSPS) is 8.86. The summed E-state index contributed by atoms with van der Waals surface area (Å²) in [7, 11) is 0. The van der Waals surface area contributed by atoms with Crippen LogP contribution in [0.5, 0.6) is 0 Å². The van der Waals surface area contributed by atoms with Gasteiger partial charge in [-0.25, -0.2) is 20.8 Å². The van der Waals surface area contributed by atoms with E-state index in [2.05, 4.69) is 16.0 Å². The highest BCUT2D eigenvalue weighted by Crippen LogP contribution is 2.11. The fraction of sp³-hybridized carbons (Fsp3) is 0.778. The summed E-state index contributed by atoms with van der Waals surface area (Å²) in [6, 6.07) is 3.90. The zero-order valence-electron chi connectivity index (χ0n) is 9.09. The van der Waals surface area contributed by atoms with Crippen molar-refractivity contribution in [2.75, 3.05) is 13.1 Å². The molecular formula is C9H19N5. The van der Waals surface area contributed by atoms with E-state index in [1.165, 1.54) is 6.01 Å². The summed E-state index contributed by atoms with van der Waals surface area (Å²) in [5.74, 6) is 0. The lowest BCUT2D eigenvalue weighted by Crippen LogP contribution is -2.21. The van der Waals surface area contributed by atoms with Crippen molar-refractivity contribution in [1.82, 2.24) is 0 Å². The van der Waals surface area contributed by atoms with Crippen molar-refractivity contribution in [3.05, 3.63) is 0 Å². The van der Waals surface area contributed by atoms with Gasteiger partial charge in [0.1, 0.15) is 0 Å². The first-order chi connectivity index (χ1) is 6.54. The second-order valence-electron chi connectivity index (χ2n) is 3.16. The summed E-state index contributed by atoms with van der Waals surface area (Å²) in [5.41, 5.74) is 5.30. The molecule has 0 saturated carbocycles. The van der Waals surface area contributed by atoms with Crippen LogP contribution >= 0.6 is 0 Å². The molecule has 0 aromatic carbocycles. The third kappa shape index (κ3) is 13.3. The zero-order valence-corrected chi connectivity index (χ0v) is 9.09. The van der Waals surface area contributed by atoms with Crippen molar-refractivity contribution in [2.45, 2.75) is 32.7 Å². The molecule has 0 radical (unpaired) electrons. The standard InChI is InChI=1S/C8H17N3.CH2N2/c1-4-10-7-11-8(2,3)5-6-9;2-1-3/h4-6,9H2,1-3H3;2-3H. The van der Waals surface area contributed by atoms with E-state index >= 15 is 0 Å². The summed E-state index contributed by atoms with van der Waals surface area (Å²) in [4.78, 5) is 8.02. The van der Waals surface area contributed by atoms with Crippen LogP contribution in [0.1, 0.15) is 27.2 Å². The third-order valence-corrected chi connectivity index (χ3v) is 1.34. The van der Waals surface area contributed by atoms with Gasteiger partial charge in [-0.15, -0.1) is 0 Å². The molecule has 14 heavy (non-hydrogen) atoms. The Balaban J connectivity index is 0. The van der Waals surface area contributed by atoms with E-state index < -0.39 is 0 Å². The summed E-state index contributed by atoms with van der Waals surface area (Å²) in [6.07, 6.45) is 0.874. The second-order valence-corrected chi connectivity index (χ2v) is 3.16. The minimum atomic E-state index is -0.104. The number of rotatable bonds is 4. The summed E-state index contributed by atoms with van der Waals surface area (Å²) in [6.45, 7) is 7.40. The van der Waals surface area contributed by atoms with Crippen LogP contribution in [-0.2, 0) is 0 Å². The molecule has 0 aromatic heterocycles. The van der Waals surface area contributed by atoms with Gasteiger partial charge in [-0.05, 0) is 33.7 Å². The fourth-order valence-electron chi connectivity index (χ4n) is 0.651. The van der Waals surface area contributed by atoms with Crippen molar-refractivity contribution in [3.8, 4) is 0 Å². The molecule has 0 unspecified atom stereocenters. The van der Waals surface area contributed by atoms with Crippen LogP contribution in [0.15, 0.2) is 9.98 Å². The Labute approximate surface area is 85.2 Å². The van der Waals surface area contributed by atoms with Crippen molar-refractivity contribution < 1.29 is 0 Å². The molecule has 4 N–H and O–H groups in total. The number of aliphatic imine (C=N–C) groups is 2. The summed E-state index contributed by atoms with van der Waals surface area (Å²) in [5, 5.41) is 11.2. The molecule has 0 heterocycles. The number of hydrogen-bond acceptors (Lipinski definition) is 5. The monoisotopic (exact) mass is 197 g/mol. The van der Waals surface area contributed by atoms with Gasteiger partial charge >= 0.3 is 0 Å². The van der Waals surface area contributed by atoms with Gasteiger partial charge in [-0.2, -0.15) is 0 Å². The quantitative estimate of drug-likeness (QED) is 0.586. The first-order valence-corrected chi connectivity index (χ1v) is 4.46. The van der Waals surface area contributed by atoms with Crippen LogP contribution in [0.25, 0.3) is 0 Å². The lowest BCUT2D eigenvalue weighted by atomic mass is 10.0. The summed E-state index contributed by atoms with van der Waals surface area (Å²) >= 11 is 0. The molecule has 5 nitrogen and oxygen atoms in total. The van der Waals surface area contributed by atoms with Crippen molar-refractivity contribution >= 4 is 12.0 Å². The highest BCUT2D eigenvalue weighted by molar-refractivity contribution is 5.42. The minimum Gasteiger partial charge on any atom is -0.330 e. The van der Waals surface area contributed by atoms with Gasteiger partial charge in [0.15, 0.2) is 0 Å². The maximum Gasteiger partial charge on any atom is 0.0898 e. The largest absolute Gasteiger partial charge is 0.330 e. The van der Waals surface area contributed by atoms with Crippen LogP contribution in [0.3, 0.4) is 0 Å². The van der Waals surface area contributed by atoms with Crippen molar-refractivity contribution in [3.63, 3.8) is 0 Å². The summed E-state index contributed by atoms with van der Waals surface area (Å²) < 4.78 is 0. The molecule has 0 aliphatic heterocycles. The second kappa shape index (κ2) is 9.81. The van der Waals surface area contributed by atoms with E-state index in [9.17, 15) is 0 Å². The number of nitrogens with two attached hydrogens (primary N) is 1. The van der Waals surface area contributed by atoms with E-state index in [0.29, 0.717) is 6.54 Å². The van der Waals surface area contributed by atoms with Crippen LogP contribution < -0.4 is 5.73 Å². The van der Waals surface area contributed by atoms with Crippen LogP contribution in [0.2, 0.25) is 0 Å². The van der Waals surface area contributed by atoms with E-state index in [-0.39, 0.29) is 5.54 Å². The predicted octanol–water partition coefficient (Wildman–Crippen LogP) is 1.63. The average Bonchev–Trinajstić information content (AvgIpc) is 2.05. The molecular weight excluding hydrogens is 178 g/mol. The Kier molecular flexibility index (Phi) is 10.6. The van der Waals surface area contributed by atoms with Crippen LogP contribution in [0, 0.1) is 10.8 Å². The molecule has 0 atom stereocenters. The molecule has 0 aliphatic carbocycles. The van der Waals surface area contributed by atoms with Gasteiger partial charge < -0.3 is 5.73 Å². The Bertz CT molecular complexity index is 219. The molecule has 80 valence electrons. The molecule has 0 aromatic rings. The Morgan fingerprint density at radius 2 is 1.86 bits per heavy atom. The number of nitrogens with zero attached hydrogens (tertiary/aromatic N) is 2. The van der Waals surface area contributed by atoms with E-state index in [4.69, 9.17) is 16.6 Å². The van der Waals surface area contributed by atoms with Gasteiger partial charge in [-0.3, -0.25) is 0 Å². The number of nitrogens with one attached hydrogen (secondary N) is 2. The van der Waals surface area contributed by atoms with Gasteiger partial charge in [0.25, 0.3) is 0 Å². The topological polar surface area (TPSA) is 98.4 Å². The highest BCUT2D eigenvalue weighted by Gasteiger charge is 2.13. The van der Waals surface area contributed by atoms with Gasteiger partial charge in [0, 0.05) is 6.54 Å². The highest BCUT2D eigenvalue weighted by atomic mass is 14.9. The van der Waals surface area contributed by atoms with Gasteiger partial charge in [0.05, 0.1) is 17.6 Å². The lowest BCUT2D eigenvalue weighted by molar-refractivity contribution is 0.490. The maximum absolute atomic E-state index is 5.62. The van der Waals surface area contributed by atoms with Crippen LogP contribution in [-0.4, -0.2) is 30.6 Å². The first-order valence-electron chi connectivity index (χ1n) is 4.46.